The van der Waals surface area contributed by atoms with E-state index in [9.17, 15) is 9.18 Å². The summed E-state index contributed by atoms with van der Waals surface area (Å²) in [7, 11) is 0. The fourth-order valence-electron chi connectivity index (χ4n) is 2.55. The largest absolute Gasteiger partial charge is 0.338 e. The molecule has 2 aromatic rings. The van der Waals surface area contributed by atoms with Gasteiger partial charge in [0.2, 0.25) is 0 Å². The number of hydrazine groups is 1. The number of halogens is 2. The third-order valence-electron chi connectivity index (χ3n) is 3.86. The normalized spacial score (nSPS) is 13.9. The average Bonchev–Trinajstić information content (AvgIpc) is 3.12. The number of amides is 1. The van der Waals surface area contributed by atoms with E-state index in [4.69, 9.17) is 23.8 Å². The molecule has 1 aromatic heterocycles. The summed E-state index contributed by atoms with van der Waals surface area (Å²) in [6.45, 7) is 1.68. The molecule has 0 saturated carbocycles. The molecule has 1 amide bonds. The first kappa shape index (κ1) is 19.2. The summed E-state index contributed by atoms with van der Waals surface area (Å²) in [6, 6.07) is 4.06. The standard InChI is InChI=1S/C15H18ClFN8OS/c16-11-8-10(4-5-12(11)17)18-15(27)21-19-13(26)9-25-22-14(20-23-25)24-6-2-1-3-7-24/h4-5,8H,1-3,6-7,9H2,(H,19,26)(H2,18,21,27). The number of carbonyl (C=O) groups is 1. The summed E-state index contributed by atoms with van der Waals surface area (Å²) in [5, 5.41) is 15.0. The van der Waals surface area contributed by atoms with Crippen molar-refractivity contribution in [2.75, 3.05) is 23.3 Å². The Labute approximate surface area is 165 Å². The SMILES string of the molecule is O=C(Cn1nnc(N2CCCCC2)n1)NNC(=S)Nc1ccc(F)c(Cl)c1. The van der Waals surface area contributed by atoms with Gasteiger partial charge in [0.15, 0.2) is 5.11 Å². The Bertz CT molecular complexity index is 826. The van der Waals surface area contributed by atoms with Gasteiger partial charge in [0.1, 0.15) is 12.4 Å². The lowest BCUT2D eigenvalue weighted by molar-refractivity contribution is -0.122. The van der Waals surface area contributed by atoms with Gasteiger partial charge in [0.05, 0.1) is 5.02 Å². The van der Waals surface area contributed by atoms with E-state index in [2.05, 4.69) is 36.5 Å². The van der Waals surface area contributed by atoms with E-state index in [0.29, 0.717) is 11.6 Å². The minimum atomic E-state index is -0.529. The molecule has 1 aliphatic rings. The van der Waals surface area contributed by atoms with Crippen LogP contribution >= 0.6 is 23.8 Å². The predicted molar refractivity (Wildman–Crippen MR) is 103 cm³/mol. The number of anilines is 2. The third-order valence-corrected chi connectivity index (χ3v) is 4.35. The van der Waals surface area contributed by atoms with Gasteiger partial charge in [-0.25, -0.2) is 4.39 Å². The molecule has 3 N–H and O–H groups in total. The maximum atomic E-state index is 13.1. The maximum Gasteiger partial charge on any atom is 0.266 e. The minimum absolute atomic E-state index is 0.0337. The van der Waals surface area contributed by atoms with Crippen LogP contribution in [0.1, 0.15) is 19.3 Å². The Morgan fingerprint density at radius 3 is 2.78 bits per heavy atom. The van der Waals surface area contributed by atoms with Crippen molar-refractivity contribution in [1.29, 1.82) is 0 Å². The number of tetrazole rings is 1. The fourth-order valence-corrected chi connectivity index (χ4v) is 2.90. The molecule has 0 spiro atoms. The summed E-state index contributed by atoms with van der Waals surface area (Å²) in [5.74, 6) is -0.404. The smallest absolute Gasteiger partial charge is 0.266 e. The number of nitrogens with zero attached hydrogens (tertiary/aromatic N) is 5. The van der Waals surface area contributed by atoms with E-state index in [1.807, 2.05) is 0 Å². The lowest BCUT2D eigenvalue weighted by Gasteiger charge is -2.24. The molecule has 27 heavy (non-hydrogen) atoms. The van der Waals surface area contributed by atoms with Crippen molar-refractivity contribution in [3.63, 3.8) is 0 Å². The van der Waals surface area contributed by atoms with Crippen LogP contribution in [0.15, 0.2) is 18.2 Å². The Kier molecular flexibility index (Phi) is 6.35. The van der Waals surface area contributed by atoms with Crippen LogP contribution in [0.2, 0.25) is 5.02 Å². The third kappa shape index (κ3) is 5.47. The number of rotatable bonds is 4. The number of hydrogen-bond donors (Lipinski definition) is 3. The first-order valence-corrected chi connectivity index (χ1v) is 9.13. The van der Waals surface area contributed by atoms with Gasteiger partial charge in [-0.2, -0.15) is 4.80 Å². The average molecular weight is 413 g/mol. The van der Waals surface area contributed by atoms with Crippen molar-refractivity contribution in [3.8, 4) is 0 Å². The number of thiocarbonyl (C=S) groups is 1. The molecule has 144 valence electrons. The summed E-state index contributed by atoms with van der Waals surface area (Å²) >= 11 is 10.8. The van der Waals surface area contributed by atoms with Crippen LogP contribution in [0.4, 0.5) is 16.0 Å². The van der Waals surface area contributed by atoms with Crippen molar-refractivity contribution in [2.24, 2.45) is 0 Å². The van der Waals surface area contributed by atoms with E-state index in [-0.39, 0.29) is 16.7 Å². The lowest BCUT2D eigenvalue weighted by atomic mass is 10.1. The van der Waals surface area contributed by atoms with Crippen molar-refractivity contribution >= 4 is 46.5 Å². The lowest BCUT2D eigenvalue weighted by Crippen LogP contribution is -2.45. The van der Waals surface area contributed by atoms with E-state index in [0.717, 1.165) is 25.9 Å². The van der Waals surface area contributed by atoms with Crippen LogP contribution in [-0.2, 0) is 11.3 Å². The maximum absolute atomic E-state index is 13.1. The fraction of sp³-hybridized carbons (Fsp3) is 0.400. The molecule has 1 saturated heterocycles. The van der Waals surface area contributed by atoms with Gasteiger partial charge in [-0.05, 0) is 54.9 Å². The Morgan fingerprint density at radius 2 is 2.04 bits per heavy atom. The van der Waals surface area contributed by atoms with Crippen molar-refractivity contribution in [1.82, 2.24) is 31.1 Å². The molecule has 1 fully saturated rings. The molecule has 0 bridgehead atoms. The highest BCUT2D eigenvalue weighted by Gasteiger charge is 2.16. The molecule has 0 aliphatic carbocycles. The van der Waals surface area contributed by atoms with Gasteiger partial charge in [-0.15, -0.1) is 5.10 Å². The topological polar surface area (TPSA) is 100 Å². The van der Waals surface area contributed by atoms with Crippen molar-refractivity contribution in [2.45, 2.75) is 25.8 Å². The molecule has 12 heteroatoms. The molecule has 3 rings (SSSR count). The molecular weight excluding hydrogens is 395 g/mol. The molecular formula is C15H18ClFN8OS. The number of hydrogen-bond acceptors (Lipinski definition) is 6. The highest BCUT2D eigenvalue weighted by Crippen LogP contribution is 2.19. The minimum Gasteiger partial charge on any atom is -0.338 e. The highest BCUT2D eigenvalue weighted by molar-refractivity contribution is 7.80. The van der Waals surface area contributed by atoms with Crippen molar-refractivity contribution < 1.29 is 9.18 Å². The Hall–Kier alpha value is -2.53. The first-order valence-electron chi connectivity index (χ1n) is 8.35. The Balaban J connectivity index is 1.44. The predicted octanol–water partition coefficient (Wildman–Crippen LogP) is 1.47. The molecule has 1 aliphatic heterocycles. The van der Waals surface area contributed by atoms with E-state index < -0.39 is 11.7 Å². The van der Waals surface area contributed by atoms with Gasteiger partial charge in [-0.3, -0.25) is 15.6 Å². The van der Waals surface area contributed by atoms with Gasteiger partial charge in [-0.1, -0.05) is 16.7 Å². The zero-order valence-electron chi connectivity index (χ0n) is 14.3. The second-order valence-electron chi connectivity index (χ2n) is 5.92. The quantitative estimate of drug-likeness (QED) is 0.513. The van der Waals surface area contributed by atoms with Crippen molar-refractivity contribution in [3.05, 3.63) is 29.0 Å². The number of piperidine rings is 1. The zero-order valence-corrected chi connectivity index (χ0v) is 15.9. The van der Waals surface area contributed by atoms with E-state index in [1.165, 1.54) is 29.4 Å². The molecule has 0 atom stereocenters. The number of carbonyl (C=O) groups excluding carboxylic acids is 1. The summed E-state index contributed by atoms with van der Waals surface area (Å²) in [5.41, 5.74) is 5.45. The highest BCUT2D eigenvalue weighted by atomic mass is 35.5. The van der Waals surface area contributed by atoms with Crippen LogP contribution in [0, 0.1) is 5.82 Å². The first-order chi connectivity index (χ1) is 13.0. The van der Waals surface area contributed by atoms with Crippen LogP contribution in [0.5, 0.6) is 0 Å². The van der Waals surface area contributed by atoms with Crippen LogP contribution in [-0.4, -0.2) is 44.3 Å². The van der Waals surface area contributed by atoms with Gasteiger partial charge in [0, 0.05) is 18.8 Å². The second-order valence-corrected chi connectivity index (χ2v) is 6.74. The number of aromatic nitrogens is 4. The van der Waals surface area contributed by atoms with Gasteiger partial charge < -0.3 is 10.2 Å². The number of benzene rings is 1. The van der Waals surface area contributed by atoms with Gasteiger partial charge in [0.25, 0.3) is 11.9 Å². The van der Waals surface area contributed by atoms with E-state index in [1.54, 1.807) is 0 Å². The summed E-state index contributed by atoms with van der Waals surface area (Å²) in [4.78, 5) is 15.3. The molecule has 2 heterocycles. The van der Waals surface area contributed by atoms with Crippen LogP contribution in [0.25, 0.3) is 0 Å². The zero-order chi connectivity index (χ0) is 19.2. The molecule has 1 aromatic carbocycles. The van der Waals surface area contributed by atoms with E-state index >= 15 is 0 Å². The summed E-state index contributed by atoms with van der Waals surface area (Å²) < 4.78 is 13.1. The van der Waals surface area contributed by atoms with Crippen LogP contribution in [0.3, 0.4) is 0 Å². The Morgan fingerprint density at radius 1 is 1.26 bits per heavy atom. The second kappa shape index (κ2) is 8.91. The molecule has 0 unspecified atom stereocenters. The van der Waals surface area contributed by atoms with Crippen LogP contribution < -0.4 is 21.1 Å². The summed E-state index contributed by atoms with van der Waals surface area (Å²) in [6.07, 6.45) is 3.40. The molecule has 9 nitrogen and oxygen atoms in total. The monoisotopic (exact) mass is 412 g/mol. The molecule has 0 radical (unpaired) electrons. The van der Waals surface area contributed by atoms with Gasteiger partial charge >= 0.3 is 0 Å². The number of nitrogens with one attached hydrogen (secondary N) is 3.